The molecule has 1 aromatic carbocycles. The van der Waals surface area contributed by atoms with Gasteiger partial charge in [-0.1, -0.05) is 24.3 Å². The molecule has 2 N–H and O–H groups in total. The highest BCUT2D eigenvalue weighted by Crippen LogP contribution is 2.32. The van der Waals surface area contributed by atoms with E-state index in [4.69, 9.17) is 0 Å². The molecular formula is C28H27N5O4. The molecule has 0 saturated heterocycles. The van der Waals surface area contributed by atoms with Crippen molar-refractivity contribution in [3.63, 3.8) is 0 Å². The lowest BCUT2D eigenvalue weighted by molar-refractivity contribution is -0.136. The number of phenolic OH excluding ortho intramolecular Hbond substituents is 1. The number of pyridine rings is 2. The number of para-hydroxylation sites is 1. The minimum atomic E-state index is -0.417. The van der Waals surface area contributed by atoms with E-state index in [9.17, 15) is 19.5 Å². The summed E-state index contributed by atoms with van der Waals surface area (Å²) in [5, 5.41) is 13.0. The van der Waals surface area contributed by atoms with Gasteiger partial charge in [0, 0.05) is 67.5 Å². The molecule has 188 valence electrons. The predicted octanol–water partition coefficient (Wildman–Crippen LogP) is 2.54. The molecule has 0 radical (unpaired) electrons. The molecule has 3 amide bonds. The molecule has 2 aromatic heterocycles. The van der Waals surface area contributed by atoms with Crippen LogP contribution in [-0.4, -0.2) is 68.8 Å². The Balaban J connectivity index is 1.41. The Bertz CT molecular complexity index is 1370. The van der Waals surface area contributed by atoms with Crippen molar-refractivity contribution in [3.8, 4) is 16.9 Å². The van der Waals surface area contributed by atoms with Gasteiger partial charge in [0.15, 0.2) is 0 Å². The van der Waals surface area contributed by atoms with Gasteiger partial charge in [0.2, 0.25) is 0 Å². The number of hydrogen-bond acceptors (Lipinski definition) is 7. The lowest BCUT2D eigenvalue weighted by Gasteiger charge is -2.36. The summed E-state index contributed by atoms with van der Waals surface area (Å²) in [7, 11) is 1.49. The third-order valence-corrected chi connectivity index (χ3v) is 6.82. The van der Waals surface area contributed by atoms with Gasteiger partial charge in [-0.3, -0.25) is 29.3 Å². The van der Waals surface area contributed by atoms with Gasteiger partial charge in [-0.2, -0.15) is 0 Å². The number of imide groups is 1. The maximum absolute atomic E-state index is 13.0. The fraction of sp³-hybridized carbons (Fsp3) is 0.250. The van der Waals surface area contributed by atoms with Crippen molar-refractivity contribution in [1.82, 2.24) is 25.1 Å². The van der Waals surface area contributed by atoms with Gasteiger partial charge < -0.3 is 15.3 Å². The van der Waals surface area contributed by atoms with E-state index in [0.717, 1.165) is 28.1 Å². The number of rotatable bonds is 7. The van der Waals surface area contributed by atoms with Crippen LogP contribution in [0.25, 0.3) is 11.1 Å². The third kappa shape index (κ3) is 4.80. The van der Waals surface area contributed by atoms with Gasteiger partial charge in [-0.15, -0.1) is 0 Å². The first-order chi connectivity index (χ1) is 17.9. The SMILES string of the molecule is CN1C(=O)C2=C(C1=O)N([C@@H](CNC(=O)c1ccccc1O)Cc1ccc(-c3cccnc3)cn1)CCC2. The summed E-state index contributed by atoms with van der Waals surface area (Å²) >= 11 is 0. The van der Waals surface area contributed by atoms with E-state index >= 15 is 0 Å². The summed E-state index contributed by atoms with van der Waals surface area (Å²) in [6.07, 6.45) is 6.99. The number of nitrogens with one attached hydrogen (secondary N) is 1. The van der Waals surface area contributed by atoms with E-state index in [-0.39, 0.29) is 35.7 Å². The molecule has 0 aliphatic carbocycles. The molecule has 9 heteroatoms. The first-order valence-corrected chi connectivity index (χ1v) is 12.2. The zero-order valence-electron chi connectivity index (χ0n) is 20.4. The average Bonchev–Trinajstić information content (AvgIpc) is 3.16. The van der Waals surface area contributed by atoms with Crippen LogP contribution in [0, 0.1) is 0 Å². The number of amides is 3. The van der Waals surface area contributed by atoms with Gasteiger partial charge >= 0.3 is 0 Å². The Morgan fingerprint density at radius 3 is 2.59 bits per heavy atom. The highest BCUT2D eigenvalue weighted by atomic mass is 16.3. The maximum atomic E-state index is 13.0. The highest BCUT2D eigenvalue weighted by Gasteiger charge is 2.42. The van der Waals surface area contributed by atoms with Crippen molar-refractivity contribution in [2.75, 3.05) is 20.1 Å². The predicted molar refractivity (Wildman–Crippen MR) is 136 cm³/mol. The van der Waals surface area contributed by atoms with Gasteiger partial charge in [-0.05, 0) is 37.1 Å². The standard InChI is InChI=1S/C28H27N5O4/c1-32-27(36)23-8-5-13-33(25(23)28(32)37)21(17-31-26(35)22-7-2-3-9-24(22)34)14-20-11-10-19(16-30-20)18-6-4-12-29-15-18/h2-4,6-7,9-12,15-16,21,34H,5,8,13-14,17H2,1H3,(H,31,35)/t21-/m1/s1. The van der Waals surface area contributed by atoms with E-state index < -0.39 is 5.91 Å². The second kappa shape index (κ2) is 10.2. The second-order valence-corrected chi connectivity index (χ2v) is 9.16. The van der Waals surface area contributed by atoms with Crippen molar-refractivity contribution in [2.45, 2.75) is 25.3 Å². The van der Waals surface area contributed by atoms with E-state index in [1.54, 1.807) is 36.8 Å². The number of aromatic hydroxyl groups is 1. The summed E-state index contributed by atoms with van der Waals surface area (Å²) in [6.45, 7) is 0.776. The number of likely N-dealkylation sites (N-methyl/N-ethyl adjacent to an activating group) is 1. The summed E-state index contributed by atoms with van der Waals surface area (Å²) in [4.78, 5) is 50.4. The van der Waals surface area contributed by atoms with Crippen molar-refractivity contribution in [2.24, 2.45) is 0 Å². The first-order valence-electron chi connectivity index (χ1n) is 12.2. The fourth-order valence-electron chi connectivity index (χ4n) is 4.86. The molecule has 0 bridgehead atoms. The van der Waals surface area contributed by atoms with Gasteiger partial charge in [0.25, 0.3) is 17.7 Å². The molecule has 0 saturated carbocycles. The molecule has 0 fully saturated rings. The molecule has 9 nitrogen and oxygen atoms in total. The van der Waals surface area contributed by atoms with Crippen LogP contribution in [0.2, 0.25) is 0 Å². The van der Waals surface area contributed by atoms with Crippen molar-refractivity contribution in [3.05, 3.63) is 89.6 Å². The van der Waals surface area contributed by atoms with Crippen molar-refractivity contribution in [1.29, 1.82) is 0 Å². The maximum Gasteiger partial charge on any atom is 0.277 e. The topological polar surface area (TPSA) is 116 Å². The summed E-state index contributed by atoms with van der Waals surface area (Å²) in [6, 6.07) is 13.7. The molecular weight excluding hydrogens is 470 g/mol. The Labute approximate surface area is 214 Å². The Hall–Kier alpha value is -4.53. The number of carbonyl (C=O) groups excluding carboxylic acids is 3. The number of nitrogens with zero attached hydrogens (tertiary/aromatic N) is 4. The van der Waals surface area contributed by atoms with E-state index in [1.165, 1.54) is 13.1 Å². The number of hydrogen-bond donors (Lipinski definition) is 2. The molecule has 2 aliphatic heterocycles. The molecule has 0 unspecified atom stereocenters. The van der Waals surface area contributed by atoms with Crippen LogP contribution in [0.3, 0.4) is 0 Å². The van der Waals surface area contributed by atoms with Crippen molar-refractivity contribution >= 4 is 17.7 Å². The van der Waals surface area contributed by atoms with Crippen LogP contribution in [0.15, 0.2) is 78.4 Å². The summed E-state index contributed by atoms with van der Waals surface area (Å²) in [5.41, 5.74) is 3.78. The van der Waals surface area contributed by atoms with Gasteiger partial charge in [0.1, 0.15) is 11.4 Å². The molecule has 5 rings (SSSR count). The van der Waals surface area contributed by atoms with Crippen LogP contribution in [-0.2, 0) is 16.0 Å². The third-order valence-electron chi connectivity index (χ3n) is 6.82. The van der Waals surface area contributed by atoms with Gasteiger partial charge in [0.05, 0.1) is 11.6 Å². The number of phenols is 1. The lowest BCUT2D eigenvalue weighted by Crippen LogP contribution is -2.48. The average molecular weight is 498 g/mol. The summed E-state index contributed by atoms with van der Waals surface area (Å²) in [5.74, 6) is -1.11. The van der Waals surface area contributed by atoms with Crippen LogP contribution < -0.4 is 5.32 Å². The molecule has 2 aliphatic rings. The van der Waals surface area contributed by atoms with Gasteiger partial charge in [-0.25, -0.2) is 0 Å². The number of benzene rings is 1. The largest absolute Gasteiger partial charge is 0.507 e. The number of carbonyl (C=O) groups is 3. The minimum absolute atomic E-state index is 0.106. The Morgan fingerprint density at radius 2 is 1.86 bits per heavy atom. The molecule has 37 heavy (non-hydrogen) atoms. The smallest absolute Gasteiger partial charge is 0.277 e. The minimum Gasteiger partial charge on any atom is -0.507 e. The van der Waals surface area contributed by atoms with Crippen molar-refractivity contribution < 1.29 is 19.5 Å². The lowest BCUT2D eigenvalue weighted by atomic mass is 9.99. The summed E-state index contributed by atoms with van der Waals surface area (Å²) < 4.78 is 0. The molecule has 1 atom stereocenters. The van der Waals surface area contributed by atoms with E-state index in [2.05, 4.69) is 15.3 Å². The van der Waals surface area contributed by atoms with Crippen LogP contribution in [0.1, 0.15) is 28.9 Å². The zero-order chi connectivity index (χ0) is 25.9. The van der Waals surface area contributed by atoms with Crippen LogP contribution in [0.5, 0.6) is 5.75 Å². The normalized spacial score (nSPS) is 16.1. The molecule has 3 aromatic rings. The Morgan fingerprint density at radius 1 is 1.05 bits per heavy atom. The number of aromatic nitrogens is 2. The monoisotopic (exact) mass is 497 g/mol. The second-order valence-electron chi connectivity index (χ2n) is 9.16. The van der Waals surface area contributed by atoms with E-state index in [0.29, 0.717) is 30.7 Å². The molecule has 4 heterocycles. The zero-order valence-corrected chi connectivity index (χ0v) is 20.4. The highest BCUT2D eigenvalue weighted by molar-refractivity contribution is 6.19. The van der Waals surface area contributed by atoms with Crippen LogP contribution in [0.4, 0.5) is 0 Å². The fourth-order valence-corrected chi connectivity index (χ4v) is 4.86. The van der Waals surface area contributed by atoms with E-state index in [1.807, 2.05) is 29.2 Å². The first kappa shape index (κ1) is 24.2. The molecule has 0 spiro atoms. The Kier molecular flexibility index (Phi) is 6.68. The quantitative estimate of drug-likeness (QED) is 0.482. The van der Waals surface area contributed by atoms with Crippen LogP contribution >= 0.6 is 0 Å².